The van der Waals surface area contributed by atoms with E-state index in [1.165, 1.54) is 0 Å². The minimum atomic E-state index is -0.522. The lowest BCUT2D eigenvalue weighted by atomic mass is 9.95. The van der Waals surface area contributed by atoms with E-state index in [-0.39, 0.29) is 23.9 Å². The molecule has 9 heteroatoms. The van der Waals surface area contributed by atoms with Gasteiger partial charge in [-0.25, -0.2) is 9.48 Å². The predicted molar refractivity (Wildman–Crippen MR) is 109 cm³/mol. The van der Waals surface area contributed by atoms with Gasteiger partial charge in [-0.1, -0.05) is 19.1 Å². The number of carbonyl (C=O) groups excluding carboxylic acids is 2. The first kappa shape index (κ1) is 20.7. The van der Waals surface area contributed by atoms with Crippen LogP contribution in [0, 0.1) is 12.8 Å². The van der Waals surface area contributed by atoms with E-state index in [1.54, 1.807) is 17.9 Å². The zero-order chi connectivity index (χ0) is 21.0. The Labute approximate surface area is 170 Å². The molecule has 1 aliphatic rings. The summed E-state index contributed by atoms with van der Waals surface area (Å²) in [6, 6.07) is 8.87. The molecule has 3 unspecified atom stereocenters. The van der Waals surface area contributed by atoms with Crippen LogP contribution in [-0.4, -0.2) is 34.9 Å². The third-order valence-electron chi connectivity index (χ3n) is 5.04. The molecular formula is C20H28N6O3. The van der Waals surface area contributed by atoms with Gasteiger partial charge in [0.05, 0.1) is 18.7 Å². The zero-order valence-electron chi connectivity index (χ0n) is 17.2. The van der Waals surface area contributed by atoms with Gasteiger partial charge < -0.3 is 15.4 Å². The number of ether oxygens (including phenoxy) is 1. The van der Waals surface area contributed by atoms with Gasteiger partial charge in [0, 0.05) is 18.7 Å². The first-order valence-electron chi connectivity index (χ1n) is 9.71. The van der Waals surface area contributed by atoms with Crippen molar-refractivity contribution >= 4 is 17.8 Å². The van der Waals surface area contributed by atoms with Gasteiger partial charge in [-0.2, -0.15) is 5.10 Å². The minimum Gasteiger partial charge on any atom is -0.497 e. The highest BCUT2D eigenvalue weighted by Crippen LogP contribution is 2.21. The maximum Gasteiger partial charge on any atom is 0.320 e. The fourth-order valence-corrected chi connectivity index (χ4v) is 3.44. The summed E-state index contributed by atoms with van der Waals surface area (Å²) >= 11 is 0. The minimum absolute atomic E-state index is 0.00000434. The lowest BCUT2D eigenvalue weighted by Crippen LogP contribution is -2.57. The van der Waals surface area contributed by atoms with Crippen molar-refractivity contribution < 1.29 is 14.3 Å². The molecule has 0 saturated carbocycles. The molecule has 3 rings (SSSR count). The monoisotopic (exact) mass is 400 g/mol. The van der Waals surface area contributed by atoms with E-state index in [0.29, 0.717) is 12.4 Å². The molecule has 0 bridgehead atoms. The topological polar surface area (TPSA) is 109 Å². The van der Waals surface area contributed by atoms with Gasteiger partial charge in [-0.3, -0.25) is 15.4 Å². The molecule has 156 valence electrons. The molecule has 0 spiro atoms. The molecule has 1 aromatic heterocycles. The second-order valence-corrected chi connectivity index (χ2v) is 7.15. The molecule has 3 atom stereocenters. The van der Waals surface area contributed by atoms with Crippen LogP contribution in [0.5, 0.6) is 5.75 Å². The lowest BCUT2D eigenvalue weighted by Gasteiger charge is -2.35. The number of methoxy groups -OCH3 is 1. The highest BCUT2D eigenvalue weighted by atomic mass is 16.5. The first-order chi connectivity index (χ1) is 13.9. The van der Waals surface area contributed by atoms with Crippen molar-refractivity contribution in [3.8, 4) is 5.75 Å². The molecule has 29 heavy (non-hydrogen) atoms. The van der Waals surface area contributed by atoms with Crippen LogP contribution in [-0.2, 0) is 11.3 Å². The third kappa shape index (κ3) is 4.86. The molecule has 2 heterocycles. The number of hydrogen-bond acceptors (Lipinski definition) is 5. The Morgan fingerprint density at radius 2 is 2.03 bits per heavy atom. The summed E-state index contributed by atoms with van der Waals surface area (Å²) in [5.74, 6) is 1.15. The van der Waals surface area contributed by atoms with Crippen LogP contribution in [0.1, 0.15) is 37.8 Å². The molecule has 1 saturated heterocycles. The van der Waals surface area contributed by atoms with Crippen LogP contribution in [0.15, 0.2) is 30.3 Å². The summed E-state index contributed by atoms with van der Waals surface area (Å²) in [7, 11) is 1.61. The smallest absolute Gasteiger partial charge is 0.320 e. The summed E-state index contributed by atoms with van der Waals surface area (Å²) < 4.78 is 6.72. The predicted octanol–water partition coefficient (Wildman–Crippen LogP) is 2.11. The van der Waals surface area contributed by atoms with Gasteiger partial charge >= 0.3 is 6.03 Å². The standard InChI is InChI=1S/C20H28N6O3/c1-5-16-13(3)22-19(24-18(16)27)26-17(10-12(2)25-26)23-20(28)21-11-14-6-8-15(29-4)9-7-14/h6-10,13,16,19,22H,5,11H2,1-4H3,(H,24,27)(H2,21,23,28). The molecule has 1 aliphatic heterocycles. The van der Waals surface area contributed by atoms with Gasteiger partial charge in [0.2, 0.25) is 5.91 Å². The number of rotatable bonds is 6. The number of aromatic nitrogens is 2. The number of anilines is 1. The van der Waals surface area contributed by atoms with Crippen molar-refractivity contribution in [2.45, 2.75) is 46.1 Å². The van der Waals surface area contributed by atoms with Crippen molar-refractivity contribution in [1.29, 1.82) is 0 Å². The summed E-state index contributed by atoms with van der Waals surface area (Å²) in [4.78, 5) is 24.7. The fourth-order valence-electron chi connectivity index (χ4n) is 3.44. The average molecular weight is 400 g/mol. The Hall–Kier alpha value is -3.07. The third-order valence-corrected chi connectivity index (χ3v) is 5.04. The van der Waals surface area contributed by atoms with Crippen LogP contribution >= 0.6 is 0 Å². The highest BCUT2D eigenvalue weighted by Gasteiger charge is 2.34. The first-order valence-corrected chi connectivity index (χ1v) is 9.71. The highest BCUT2D eigenvalue weighted by molar-refractivity contribution is 5.88. The average Bonchev–Trinajstić information content (AvgIpc) is 3.06. The van der Waals surface area contributed by atoms with Gasteiger partial charge in [0.25, 0.3) is 0 Å². The number of nitrogens with zero attached hydrogens (tertiary/aromatic N) is 2. The zero-order valence-corrected chi connectivity index (χ0v) is 17.2. The van der Waals surface area contributed by atoms with Crippen LogP contribution in [0.3, 0.4) is 0 Å². The molecule has 3 amide bonds. The number of hydrogen-bond donors (Lipinski definition) is 4. The van der Waals surface area contributed by atoms with Crippen LogP contribution in [0.4, 0.5) is 10.6 Å². The van der Waals surface area contributed by atoms with Gasteiger partial charge in [-0.15, -0.1) is 0 Å². The van der Waals surface area contributed by atoms with E-state index in [4.69, 9.17) is 4.74 Å². The van der Waals surface area contributed by atoms with Gasteiger partial charge in [-0.05, 0) is 38.0 Å². The van der Waals surface area contributed by atoms with Crippen LogP contribution < -0.4 is 26.0 Å². The SMILES string of the molecule is CCC1C(=O)NC(n2nc(C)cc2NC(=O)NCc2ccc(OC)cc2)NC1C. The number of benzene rings is 1. The molecule has 0 radical (unpaired) electrons. The largest absolute Gasteiger partial charge is 0.497 e. The molecular weight excluding hydrogens is 372 g/mol. The van der Waals surface area contributed by atoms with Gasteiger partial charge in [0.1, 0.15) is 11.6 Å². The quantitative estimate of drug-likeness (QED) is 0.594. The van der Waals surface area contributed by atoms with E-state index >= 15 is 0 Å². The number of nitrogens with one attached hydrogen (secondary N) is 4. The Morgan fingerprint density at radius 3 is 2.66 bits per heavy atom. The number of amides is 3. The normalized spacial score (nSPS) is 21.4. The van der Waals surface area contributed by atoms with Crippen molar-refractivity contribution in [2.75, 3.05) is 12.4 Å². The van der Waals surface area contributed by atoms with E-state index < -0.39 is 6.29 Å². The molecule has 2 aromatic rings. The van der Waals surface area contributed by atoms with E-state index in [1.807, 2.05) is 45.0 Å². The summed E-state index contributed by atoms with van der Waals surface area (Å²) in [6.07, 6.45) is 0.231. The fraction of sp³-hybridized carbons (Fsp3) is 0.450. The summed E-state index contributed by atoms with van der Waals surface area (Å²) in [5.41, 5.74) is 1.68. The Balaban J connectivity index is 1.64. The number of aryl methyl sites for hydroxylation is 1. The summed E-state index contributed by atoms with van der Waals surface area (Å²) in [5, 5.41) is 16.3. The van der Waals surface area contributed by atoms with E-state index in [2.05, 4.69) is 26.4 Å². The molecule has 0 aliphatic carbocycles. The second-order valence-electron chi connectivity index (χ2n) is 7.15. The van der Waals surface area contributed by atoms with E-state index in [0.717, 1.165) is 23.4 Å². The van der Waals surface area contributed by atoms with Crippen molar-refractivity contribution in [2.24, 2.45) is 5.92 Å². The van der Waals surface area contributed by atoms with Crippen LogP contribution in [0.2, 0.25) is 0 Å². The Bertz CT molecular complexity index is 864. The molecule has 1 fully saturated rings. The van der Waals surface area contributed by atoms with E-state index in [9.17, 15) is 9.59 Å². The van der Waals surface area contributed by atoms with Crippen molar-refractivity contribution in [1.82, 2.24) is 25.7 Å². The van der Waals surface area contributed by atoms with Crippen molar-refractivity contribution in [3.05, 3.63) is 41.6 Å². The maximum absolute atomic E-state index is 12.4. The molecule has 9 nitrogen and oxygen atoms in total. The Morgan fingerprint density at radius 1 is 1.31 bits per heavy atom. The molecule has 1 aromatic carbocycles. The van der Waals surface area contributed by atoms with Gasteiger partial charge in [0.15, 0.2) is 6.29 Å². The number of urea groups is 1. The number of carbonyl (C=O) groups is 2. The molecule has 4 N–H and O–H groups in total. The Kier molecular flexibility index (Phi) is 6.38. The maximum atomic E-state index is 12.4. The second kappa shape index (κ2) is 8.95. The summed E-state index contributed by atoms with van der Waals surface area (Å²) in [6.45, 7) is 6.17. The van der Waals surface area contributed by atoms with Crippen LogP contribution in [0.25, 0.3) is 0 Å². The van der Waals surface area contributed by atoms with Crippen molar-refractivity contribution in [3.63, 3.8) is 0 Å². The lowest BCUT2D eigenvalue weighted by molar-refractivity contribution is -0.130.